The third-order valence-electron chi connectivity index (χ3n) is 0.239. The summed E-state index contributed by atoms with van der Waals surface area (Å²) in [6, 6.07) is 0. The van der Waals surface area contributed by atoms with Crippen LogP contribution in [0, 0.1) is 5.93 Å². The summed E-state index contributed by atoms with van der Waals surface area (Å²) in [4.78, 5) is 0. The van der Waals surface area contributed by atoms with Crippen LogP contribution in [0.5, 0.6) is 0 Å². The molecule has 0 fully saturated rings. The molecule has 0 N–H and O–H groups in total. The molecule has 5 heavy (non-hydrogen) atoms. The van der Waals surface area contributed by atoms with Crippen LogP contribution in [-0.2, 0) is 0 Å². The maximum atomic E-state index is 3.81. The Hall–Kier alpha value is 0.0700. The summed E-state index contributed by atoms with van der Waals surface area (Å²) < 4.78 is 7.46. The molecule has 2 nitrogen and oxygen atoms in total. The zero-order chi connectivity index (χ0) is 3.54. The molecule has 0 aromatic carbocycles. The summed E-state index contributed by atoms with van der Waals surface area (Å²) in [7, 11) is 1.35. The largest absolute Gasteiger partial charge is 0.200 e. The summed E-state index contributed by atoms with van der Waals surface area (Å²) >= 11 is 0. The van der Waals surface area contributed by atoms with Crippen LogP contribution in [0.25, 0.3) is 0 Å². The maximum Gasteiger partial charge on any atom is 0.158 e. The van der Waals surface area contributed by atoms with Crippen molar-refractivity contribution in [2.45, 2.75) is 0 Å². The highest BCUT2D eigenvalue weighted by Gasteiger charge is 1.62. The SMILES string of the molecule is [c]1npn[pH]1. The molecule has 1 rings (SSSR count). The van der Waals surface area contributed by atoms with E-state index in [1.165, 1.54) is 0 Å². The predicted octanol–water partition coefficient (Wildman–Crippen LogP) is 0.888. The van der Waals surface area contributed by atoms with Gasteiger partial charge < -0.3 is 0 Å². The molecular formula is CHN2P2. The molecule has 0 spiro atoms. The van der Waals surface area contributed by atoms with Crippen molar-refractivity contribution >= 4 is 16.9 Å². The highest BCUT2D eigenvalue weighted by atomic mass is 31.1. The van der Waals surface area contributed by atoms with Crippen molar-refractivity contribution < 1.29 is 0 Å². The Kier molecular flexibility index (Phi) is 0.975. The molecule has 4 heteroatoms. The molecule has 25 valence electrons. The Morgan fingerprint density at radius 2 is 2.80 bits per heavy atom. The van der Waals surface area contributed by atoms with E-state index in [-0.39, 0.29) is 0 Å². The van der Waals surface area contributed by atoms with E-state index in [9.17, 15) is 0 Å². The number of rotatable bonds is 0. The van der Waals surface area contributed by atoms with Crippen molar-refractivity contribution in [2.75, 3.05) is 0 Å². The Morgan fingerprint density at radius 3 is 3.00 bits per heavy atom. The molecule has 1 aromatic rings. The quantitative estimate of drug-likeness (QED) is 0.487. The molecule has 1 unspecified atom stereocenters. The standard InChI is InChI=1S/CHN2P2/c1-2-5-3-4-1/h4H. The number of aromatic nitrogens is 2. The van der Waals surface area contributed by atoms with E-state index < -0.39 is 0 Å². The number of nitrogens with zero attached hydrogens (tertiary/aromatic N) is 2. The average molecular weight is 103 g/mol. The zero-order valence-electron chi connectivity index (χ0n) is 2.34. The van der Waals surface area contributed by atoms with Crippen LogP contribution < -0.4 is 0 Å². The van der Waals surface area contributed by atoms with Crippen molar-refractivity contribution in [3.05, 3.63) is 5.93 Å². The van der Waals surface area contributed by atoms with Gasteiger partial charge in [0.05, 0.1) is 0 Å². The number of hydrogen-bond donors (Lipinski definition) is 0. The minimum Gasteiger partial charge on any atom is -0.200 e. The second-order valence-electron chi connectivity index (χ2n) is 0.513. The van der Waals surface area contributed by atoms with Gasteiger partial charge in [0.2, 0.25) is 0 Å². The highest BCUT2D eigenvalue weighted by molar-refractivity contribution is 7.36. The fourth-order valence-corrected chi connectivity index (χ4v) is 1.01. The minimum absolute atomic E-state index is 0.505. The lowest BCUT2D eigenvalue weighted by molar-refractivity contribution is 1.62. The molecular weight excluding hydrogens is 102 g/mol. The molecule has 1 atom stereocenters. The Morgan fingerprint density at radius 1 is 1.80 bits per heavy atom. The van der Waals surface area contributed by atoms with Gasteiger partial charge in [-0.2, -0.15) is 4.51 Å². The summed E-state index contributed by atoms with van der Waals surface area (Å²) in [6.07, 6.45) is 0. The van der Waals surface area contributed by atoms with Gasteiger partial charge in [-0.05, 0) is 8.35 Å². The van der Waals surface area contributed by atoms with Gasteiger partial charge in [0.1, 0.15) is 5.93 Å². The average Bonchev–Trinajstić information content (AvgIpc) is 1.76. The first-order valence-corrected chi connectivity index (χ1v) is 2.84. The third-order valence-corrected chi connectivity index (χ3v) is 1.59. The van der Waals surface area contributed by atoms with Crippen molar-refractivity contribution in [1.82, 2.24) is 9.26 Å². The lowest BCUT2D eigenvalue weighted by Gasteiger charge is -1.37. The lowest BCUT2D eigenvalue weighted by atomic mass is 11.7. The van der Waals surface area contributed by atoms with Gasteiger partial charge in [-0.25, -0.2) is 4.75 Å². The van der Waals surface area contributed by atoms with Gasteiger partial charge >= 0.3 is 0 Å². The Balaban J connectivity index is 3.13. The van der Waals surface area contributed by atoms with Crippen LogP contribution in [0.4, 0.5) is 0 Å². The van der Waals surface area contributed by atoms with E-state index >= 15 is 0 Å². The van der Waals surface area contributed by atoms with Crippen LogP contribution in [-0.4, -0.2) is 9.26 Å². The number of hydrogen-bond acceptors (Lipinski definition) is 2. The first-order chi connectivity index (χ1) is 2.50. The van der Waals surface area contributed by atoms with Crippen LogP contribution in [0.1, 0.15) is 0 Å². The zero-order valence-corrected chi connectivity index (χ0v) is 4.24. The fraction of sp³-hybridized carbons (Fsp3) is 0. The fourth-order valence-electron chi connectivity index (χ4n) is 0.112. The summed E-state index contributed by atoms with van der Waals surface area (Å²) in [6.45, 7) is 0. The van der Waals surface area contributed by atoms with E-state index in [4.69, 9.17) is 0 Å². The third kappa shape index (κ3) is 0.678. The Labute approximate surface area is 33.0 Å². The predicted molar refractivity (Wildman–Crippen MR) is 22.9 cm³/mol. The van der Waals surface area contributed by atoms with Crippen molar-refractivity contribution in [3.8, 4) is 0 Å². The van der Waals surface area contributed by atoms with Crippen LogP contribution in [0.15, 0.2) is 0 Å². The van der Waals surface area contributed by atoms with Gasteiger partial charge in [-0.1, -0.05) is 0 Å². The molecule has 0 saturated heterocycles. The first kappa shape index (κ1) is 3.27. The summed E-state index contributed by atoms with van der Waals surface area (Å²) in [5.74, 6) is 2.70. The van der Waals surface area contributed by atoms with Gasteiger partial charge in [-0.15, -0.1) is 0 Å². The van der Waals surface area contributed by atoms with Gasteiger partial charge in [0, 0.05) is 0 Å². The van der Waals surface area contributed by atoms with E-state index in [0.717, 1.165) is 8.51 Å². The van der Waals surface area contributed by atoms with E-state index in [1.54, 1.807) is 0 Å². The molecule has 1 aromatic heterocycles. The van der Waals surface area contributed by atoms with Crippen LogP contribution in [0.2, 0.25) is 0 Å². The van der Waals surface area contributed by atoms with Crippen molar-refractivity contribution in [3.63, 3.8) is 0 Å². The van der Waals surface area contributed by atoms with Crippen LogP contribution >= 0.6 is 16.9 Å². The second-order valence-corrected chi connectivity index (χ2v) is 2.14. The molecule has 0 saturated carbocycles. The topological polar surface area (TPSA) is 25.8 Å². The summed E-state index contributed by atoms with van der Waals surface area (Å²) in [5.41, 5.74) is 0. The van der Waals surface area contributed by atoms with Crippen LogP contribution in [0.3, 0.4) is 0 Å². The molecule has 0 aliphatic rings. The lowest BCUT2D eigenvalue weighted by Crippen LogP contribution is -1.28. The molecule has 1 heterocycles. The summed E-state index contributed by atoms with van der Waals surface area (Å²) in [5, 5.41) is 0. The monoisotopic (exact) mass is 103 g/mol. The molecule has 1 radical (unpaired) electrons. The highest BCUT2D eigenvalue weighted by Crippen LogP contribution is 1.97. The van der Waals surface area contributed by atoms with Crippen molar-refractivity contribution in [2.24, 2.45) is 0 Å². The Bertz CT molecular complexity index is 64.1. The van der Waals surface area contributed by atoms with Gasteiger partial charge in [-0.3, -0.25) is 0 Å². The van der Waals surface area contributed by atoms with E-state index in [0.29, 0.717) is 8.35 Å². The van der Waals surface area contributed by atoms with Crippen molar-refractivity contribution in [1.29, 1.82) is 0 Å². The maximum absolute atomic E-state index is 3.81. The molecule has 0 bridgehead atoms. The molecule has 0 aliphatic heterocycles. The first-order valence-electron chi connectivity index (χ1n) is 1.10. The van der Waals surface area contributed by atoms with Gasteiger partial charge in [0.25, 0.3) is 0 Å². The normalized spacial score (nSPS) is 11.2. The second kappa shape index (κ2) is 1.49. The van der Waals surface area contributed by atoms with Gasteiger partial charge in [0.15, 0.2) is 8.51 Å². The minimum atomic E-state index is 0.505. The smallest absolute Gasteiger partial charge is 0.158 e. The molecule has 0 amide bonds. The molecule has 0 aliphatic carbocycles. The van der Waals surface area contributed by atoms with E-state index in [2.05, 4.69) is 15.2 Å². The van der Waals surface area contributed by atoms with E-state index in [1.807, 2.05) is 0 Å².